The quantitative estimate of drug-likeness (QED) is 0.220. The summed E-state index contributed by atoms with van der Waals surface area (Å²) in [5.41, 5.74) is 1.91. The number of nitrogens with two attached hydrogens (primary N) is 1. The van der Waals surface area contributed by atoms with Crippen LogP contribution in [0.3, 0.4) is 0 Å². The Hall–Kier alpha value is -2.61. The maximum absolute atomic E-state index is 12.7. The highest BCUT2D eigenvalue weighted by Gasteiger charge is 2.22. The van der Waals surface area contributed by atoms with Crippen molar-refractivity contribution in [2.45, 2.75) is 6.82 Å². The maximum Gasteiger partial charge on any atom is 0.272 e. The van der Waals surface area contributed by atoms with E-state index in [4.69, 9.17) is 22.6 Å². The molecule has 2 aromatic rings. The first-order chi connectivity index (χ1) is 13.0. The SMILES string of the molecule is C[B]c1ccc(C(=O)N(N)/C(=C\c2ccc(Cl)cc2)C(=O)NCCO)cc1. The third-order valence-electron chi connectivity index (χ3n) is 3.77. The van der Waals surface area contributed by atoms with E-state index in [0.29, 0.717) is 16.1 Å². The van der Waals surface area contributed by atoms with Gasteiger partial charge >= 0.3 is 0 Å². The van der Waals surface area contributed by atoms with Crippen LogP contribution in [0, 0.1) is 0 Å². The summed E-state index contributed by atoms with van der Waals surface area (Å²) in [4.78, 5) is 25.2. The van der Waals surface area contributed by atoms with Gasteiger partial charge in [0.15, 0.2) is 0 Å². The van der Waals surface area contributed by atoms with Crippen LogP contribution in [-0.2, 0) is 4.79 Å². The van der Waals surface area contributed by atoms with Crippen molar-refractivity contribution >= 4 is 42.2 Å². The first-order valence-corrected chi connectivity index (χ1v) is 8.69. The zero-order chi connectivity index (χ0) is 19.8. The van der Waals surface area contributed by atoms with Crippen LogP contribution in [0.25, 0.3) is 6.08 Å². The number of halogens is 1. The number of hydrogen-bond donors (Lipinski definition) is 3. The number of carbonyl (C=O) groups excluding carboxylic acids is 2. The molecule has 0 bridgehead atoms. The van der Waals surface area contributed by atoms with Crippen molar-refractivity contribution in [3.63, 3.8) is 0 Å². The van der Waals surface area contributed by atoms with E-state index in [0.717, 1.165) is 10.5 Å². The Bertz CT molecular complexity index is 823. The summed E-state index contributed by atoms with van der Waals surface area (Å²) in [6.07, 6.45) is 1.48. The highest BCUT2D eigenvalue weighted by molar-refractivity contribution is 6.51. The molecular weight excluding hydrogens is 364 g/mol. The van der Waals surface area contributed by atoms with Gasteiger partial charge in [-0.3, -0.25) is 9.59 Å². The lowest BCUT2D eigenvalue weighted by atomic mass is 9.73. The van der Waals surface area contributed by atoms with Crippen LogP contribution in [0.4, 0.5) is 0 Å². The van der Waals surface area contributed by atoms with Crippen LogP contribution in [-0.4, -0.2) is 42.4 Å². The first kappa shape index (κ1) is 20.7. The van der Waals surface area contributed by atoms with Gasteiger partial charge in [0.05, 0.1) is 6.61 Å². The second kappa shape index (κ2) is 9.92. The van der Waals surface area contributed by atoms with E-state index in [1.165, 1.54) is 6.08 Å². The number of nitrogens with zero attached hydrogens (tertiary/aromatic N) is 1. The molecular formula is C19H20BClN3O3. The van der Waals surface area contributed by atoms with E-state index in [-0.39, 0.29) is 18.8 Å². The van der Waals surface area contributed by atoms with Crippen molar-refractivity contribution in [2.75, 3.05) is 13.2 Å². The van der Waals surface area contributed by atoms with Crippen LogP contribution < -0.4 is 16.6 Å². The van der Waals surface area contributed by atoms with Gasteiger partial charge in [0.25, 0.3) is 11.8 Å². The smallest absolute Gasteiger partial charge is 0.272 e. The Kier molecular flexibility index (Phi) is 7.61. The van der Waals surface area contributed by atoms with Gasteiger partial charge in [-0.2, -0.15) is 0 Å². The Morgan fingerprint density at radius 1 is 1.19 bits per heavy atom. The number of aliphatic hydroxyl groups is 1. The first-order valence-electron chi connectivity index (χ1n) is 8.31. The molecule has 0 atom stereocenters. The van der Waals surface area contributed by atoms with Crippen LogP contribution in [0.1, 0.15) is 15.9 Å². The van der Waals surface area contributed by atoms with E-state index < -0.39 is 11.8 Å². The summed E-state index contributed by atoms with van der Waals surface area (Å²) in [6.45, 7) is 1.71. The van der Waals surface area contributed by atoms with Gasteiger partial charge in [0.1, 0.15) is 13.0 Å². The number of nitrogens with one attached hydrogen (secondary N) is 1. The van der Waals surface area contributed by atoms with E-state index in [1.807, 2.05) is 14.1 Å². The number of hydrogen-bond acceptors (Lipinski definition) is 4. The fourth-order valence-electron chi connectivity index (χ4n) is 2.29. The van der Waals surface area contributed by atoms with Gasteiger partial charge < -0.3 is 10.4 Å². The Labute approximate surface area is 163 Å². The van der Waals surface area contributed by atoms with Crippen LogP contribution in [0.15, 0.2) is 54.2 Å². The summed E-state index contributed by atoms with van der Waals surface area (Å²) in [6, 6.07) is 13.6. The highest BCUT2D eigenvalue weighted by Crippen LogP contribution is 2.15. The van der Waals surface area contributed by atoms with Crippen molar-refractivity contribution in [2.24, 2.45) is 5.84 Å². The average molecular weight is 385 g/mol. The molecule has 139 valence electrons. The Balaban J connectivity index is 2.33. The van der Waals surface area contributed by atoms with Gasteiger partial charge in [0, 0.05) is 17.1 Å². The lowest BCUT2D eigenvalue weighted by Crippen LogP contribution is -2.43. The minimum absolute atomic E-state index is 0.0415. The lowest BCUT2D eigenvalue weighted by Gasteiger charge is -2.20. The van der Waals surface area contributed by atoms with Crippen LogP contribution in [0.5, 0.6) is 0 Å². The molecule has 0 aliphatic carbocycles. The van der Waals surface area contributed by atoms with E-state index in [9.17, 15) is 9.59 Å². The third kappa shape index (κ3) is 5.69. The fraction of sp³-hybridized carbons (Fsp3) is 0.158. The zero-order valence-corrected chi connectivity index (χ0v) is 15.6. The number of aliphatic hydroxyl groups excluding tert-OH is 1. The largest absolute Gasteiger partial charge is 0.395 e. The number of benzene rings is 2. The van der Waals surface area contributed by atoms with Crippen molar-refractivity contribution in [1.82, 2.24) is 10.3 Å². The zero-order valence-electron chi connectivity index (χ0n) is 14.9. The molecule has 0 aromatic heterocycles. The third-order valence-corrected chi connectivity index (χ3v) is 4.02. The molecule has 1 radical (unpaired) electrons. The monoisotopic (exact) mass is 384 g/mol. The van der Waals surface area contributed by atoms with Crippen molar-refractivity contribution in [3.8, 4) is 0 Å². The molecule has 0 saturated carbocycles. The number of hydrazine groups is 1. The van der Waals surface area contributed by atoms with E-state index in [2.05, 4.69) is 5.32 Å². The molecule has 0 aliphatic rings. The second-order valence-corrected chi connectivity index (χ2v) is 6.08. The molecule has 0 heterocycles. The number of amides is 2. The predicted molar refractivity (Wildman–Crippen MR) is 108 cm³/mol. The Morgan fingerprint density at radius 2 is 1.81 bits per heavy atom. The molecule has 0 unspecified atom stereocenters. The standard InChI is InChI=1S/C19H20BClN3O3/c1-20-15-6-4-14(5-7-15)19(27)24(22)17(18(26)23-10-11-25)12-13-2-8-16(21)9-3-13/h2-9,12,25H,10-11,22H2,1H3,(H,23,26)/b17-12-. The normalized spacial score (nSPS) is 11.0. The summed E-state index contributed by atoms with van der Waals surface area (Å²) >= 11 is 5.88. The average Bonchev–Trinajstić information content (AvgIpc) is 2.70. The van der Waals surface area contributed by atoms with Gasteiger partial charge in [-0.05, 0) is 35.9 Å². The molecule has 6 nitrogen and oxygen atoms in total. The topological polar surface area (TPSA) is 95.7 Å². The van der Waals surface area contributed by atoms with Gasteiger partial charge in [-0.15, -0.1) is 0 Å². The molecule has 2 rings (SSSR count). The Morgan fingerprint density at radius 3 is 2.37 bits per heavy atom. The summed E-state index contributed by atoms with van der Waals surface area (Å²) in [7, 11) is 1.91. The molecule has 2 aromatic carbocycles. The number of rotatable bonds is 7. The van der Waals surface area contributed by atoms with Crippen LogP contribution >= 0.6 is 11.6 Å². The minimum atomic E-state index is -0.576. The van der Waals surface area contributed by atoms with Crippen molar-refractivity contribution in [3.05, 3.63) is 70.4 Å². The summed E-state index contributed by atoms with van der Waals surface area (Å²) in [5.74, 6) is 4.87. The predicted octanol–water partition coefficient (Wildman–Crippen LogP) is 1.18. The van der Waals surface area contributed by atoms with E-state index in [1.54, 1.807) is 48.5 Å². The molecule has 0 saturated heterocycles. The molecule has 0 aliphatic heterocycles. The molecule has 0 spiro atoms. The second-order valence-electron chi connectivity index (χ2n) is 5.65. The molecule has 27 heavy (non-hydrogen) atoms. The molecule has 0 fully saturated rings. The summed E-state index contributed by atoms with van der Waals surface area (Å²) in [5, 5.41) is 12.8. The number of carbonyl (C=O) groups is 2. The highest BCUT2D eigenvalue weighted by atomic mass is 35.5. The van der Waals surface area contributed by atoms with Crippen molar-refractivity contribution < 1.29 is 14.7 Å². The van der Waals surface area contributed by atoms with Gasteiger partial charge in [-0.1, -0.05) is 48.2 Å². The van der Waals surface area contributed by atoms with Gasteiger partial charge in [-0.25, -0.2) is 10.9 Å². The maximum atomic E-state index is 12.7. The minimum Gasteiger partial charge on any atom is -0.395 e. The lowest BCUT2D eigenvalue weighted by molar-refractivity contribution is -0.118. The van der Waals surface area contributed by atoms with E-state index >= 15 is 0 Å². The summed E-state index contributed by atoms with van der Waals surface area (Å²) < 4.78 is 0. The molecule has 4 N–H and O–H groups in total. The fourth-order valence-corrected chi connectivity index (χ4v) is 2.41. The molecule has 2 amide bonds. The van der Waals surface area contributed by atoms with Crippen molar-refractivity contribution in [1.29, 1.82) is 0 Å². The van der Waals surface area contributed by atoms with Crippen LogP contribution in [0.2, 0.25) is 11.8 Å². The van der Waals surface area contributed by atoms with Gasteiger partial charge in [0.2, 0.25) is 0 Å². The molecule has 8 heteroatoms.